The predicted molar refractivity (Wildman–Crippen MR) is 291 cm³/mol. The van der Waals surface area contributed by atoms with Crippen LogP contribution in [0.4, 0.5) is 0 Å². The minimum Gasteiger partial charge on any atom is -0.391 e. The third-order valence-electron chi connectivity index (χ3n) is 16.7. The Morgan fingerprint density at radius 3 is 1.39 bits per heavy atom. The van der Waals surface area contributed by atoms with Gasteiger partial charge < -0.3 is 20.0 Å². The number of hydrogen-bond donors (Lipinski definition) is 1. The van der Waals surface area contributed by atoms with Gasteiger partial charge in [-0.15, -0.1) is 0 Å². The summed E-state index contributed by atoms with van der Waals surface area (Å²) in [5, 5.41) is 3.15. The lowest BCUT2D eigenvalue weighted by atomic mass is 9.92. The average Bonchev–Trinajstić information content (AvgIpc) is 3.37. The summed E-state index contributed by atoms with van der Waals surface area (Å²) in [4.78, 5) is 49.3. The number of hydrogen-bond acceptors (Lipinski definition) is 10. The van der Waals surface area contributed by atoms with Crippen molar-refractivity contribution in [1.82, 2.24) is 34.7 Å². The summed E-state index contributed by atoms with van der Waals surface area (Å²) >= 11 is 0. The molecule has 0 aliphatic carbocycles. The van der Waals surface area contributed by atoms with Crippen LogP contribution in [-0.2, 0) is 20.8 Å². The molecule has 7 rings (SSSR count). The Balaban J connectivity index is 0.000000203. The predicted octanol–water partition coefficient (Wildman–Crippen LogP) is 9.64. The number of Topliss-reactive ketones (excluding diaryl/α,β-unsaturated/α-hetero) is 3. The number of nitrogens with one attached hydrogen (secondary N) is 1. The summed E-state index contributed by atoms with van der Waals surface area (Å²) < 4.78 is 0. The van der Waals surface area contributed by atoms with E-state index in [9.17, 15) is 14.4 Å². The van der Waals surface area contributed by atoms with E-state index in [0.29, 0.717) is 56.1 Å². The molecule has 1 aromatic carbocycles. The van der Waals surface area contributed by atoms with E-state index in [1.54, 1.807) is 0 Å². The van der Waals surface area contributed by atoms with E-state index in [4.69, 9.17) is 0 Å². The molecule has 0 bridgehead atoms. The lowest BCUT2D eigenvalue weighted by molar-refractivity contribution is -0.121. The van der Waals surface area contributed by atoms with E-state index >= 15 is 0 Å². The molecule has 1 N–H and O–H groups in total. The van der Waals surface area contributed by atoms with Crippen molar-refractivity contribution in [2.24, 2.45) is 29.6 Å². The summed E-state index contributed by atoms with van der Waals surface area (Å²) in [5.41, 5.74) is 3.50. The second-order valence-corrected chi connectivity index (χ2v) is 22.7. The van der Waals surface area contributed by atoms with Gasteiger partial charge in [-0.1, -0.05) is 78.0 Å². The first-order valence-electron chi connectivity index (χ1n) is 28.6. The van der Waals surface area contributed by atoms with Gasteiger partial charge in [-0.25, -0.2) is 0 Å². The Bertz CT molecular complexity index is 1560. The third kappa shape index (κ3) is 24.2. The van der Waals surface area contributed by atoms with E-state index in [1.165, 1.54) is 154 Å². The van der Waals surface area contributed by atoms with Gasteiger partial charge in [0.1, 0.15) is 17.3 Å². The molecule has 0 radical (unpaired) electrons. The van der Waals surface area contributed by atoms with Crippen molar-refractivity contribution in [1.29, 1.82) is 0 Å². The molecule has 0 amide bonds. The summed E-state index contributed by atoms with van der Waals surface area (Å²) in [6.07, 6.45) is 20.1. The van der Waals surface area contributed by atoms with Crippen molar-refractivity contribution in [2.75, 3.05) is 118 Å². The number of ketones is 3. The van der Waals surface area contributed by atoms with Crippen LogP contribution in [0.5, 0.6) is 0 Å². The SMILES string of the molecule is C=C(CN1CCC(CN2CCC(C)CC2)CC1)NC.CCC(=O)CN1CCC(CCN2CCC(C)CC2)CC1.CCC(=O)CN1CCC(N2CCC(C)CC2)CC1.CCC(=O)Cc1ccc(C)cc1. The van der Waals surface area contributed by atoms with Gasteiger partial charge in [0.25, 0.3) is 0 Å². The van der Waals surface area contributed by atoms with Gasteiger partial charge in [0.05, 0.1) is 13.1 Å². The number of carbonyl (C=O) groups excluding carboxylic acids is 3. The fourth-order valence-corrected chi connectivity index (χ4v) is 11.0. The fourth-order valence-electron chi connectivity index (χ4n) is 11.0. The number of likely N-dealkylation sites (tertiary alicyclic amines) is 6. The highest BCUT2D eigenvalue weighted by atomic mass is 16.1. The highest BCUT2D eigenvalue weighted by molar-refractivity contribution is 5.81. The lowest BCUT2D eigenvalue weighted by Crippen LogP contribution is -2.48. The lowest BCUT2D eigenvalue weighted by Gasteiger charge is -2.41. The van der Waals surface area contributed by atoms with E-state index in [-0.39, 0.29) is 0 Å². The molecule has 10 heteroatoms. The maximum absolute atomic E-state index is 11.5. The Labute approximate surface area is 424 Å². The first-order chi connectivity index (χ1) is 33.2. The monoisotopic (exact) mass is 960 g/mol. The van der Waals surface area contributed by atoms with Gasteiger partial charge in [0.15, 0.2) is 0 Å². The molecule has 6 aliphatic rings. The standard InChI is InChI=1S/C17H32N2O.C16H31N3.C15H28N2O.C11H14O/c1-3-17(20)14-19-12-7-16(8-13-19)6-11-18-9-4-15(2)5-10-18;1-14-4-8-19(9-5-14)13-16-6-10-18(11-7-16)12-15(2)17-3;1-3-15(18)12-16-8-6-14(7-9-16)17-10-4-13(2)5-11-17;1-3-11(12)8-10-6-4-9(2)5-7-10/h15-16H,3-14H2,1-2H3;14,16-17H,2,4-13H2,1,3H3;13-14H,3-12H2,1-2H3;4-7H,3,8H2,1-2H3. The van der Waals surface area contributed by atoms with Crippen LogP contribution in [0.3, 0.4) is 0 Å². The Morgan fingerprint density at radius 2 is 0.928 bits per heavy atom. The van der Waals surface area contributed by atoms with E-state index in [0.717, 1.165) is 79.6 Å². The molecule has 6 fully saturated rings. The number of piperidine rings is 6. The van der Waals surface area contributed by atoms with Crippen LogP contribution in [0.15, 0.2) is 36.5 Å². The molecule has 69 heavy (non-hydrogen) atoms. The molecule has 6 saturated heterocycles. The highest BCUT2D eigenvalue weighted by Crippen LogP contribution is 2.26. The van der Waals surface area contributed by atoms with Crippen molar-refractivity contribution in [2.45, 2.75) is 164 Å². The molecule has 1 aromatic rings. The summed E-state index contributed by atoms with van der Waals surface area (Å²) in [6, 6.07) is 8.90. The molecule has 6 heterocycles. The van der Waals surface area contributed by atoms with Crippen LogP contribution in [0.2, 0.25) is 0 Å². The van der Waals surface area contributed by atoms with Crippen LogP contribution >= 0.6 is 0 Å². The molecule has 0 aromatic heterocycles. The first-order valence-corrected chi connectivity index (χ1v) is 28.6. The smallest absolute Gasteiger partial charge is 0.146 e. The number of aryl methyl sites for hydroxylation is 1. The maximum Gasteiger partial charge on any atom is 0.146 e. The van der Waals surface area contributed by atoms with Gasteiger partial charge in [0.2, 0.25) is 0 Å². The number of rotatable bonds is 18. The normalized spacial score (nSPS) is 22.1. The summed E-state index contributed by atoms with van der Waals surface area (Å²) in [6.45, 7) is 38.9. The molecular weight excluding hydrogens is 855 g/mol. The first kappa shape index (κ1) is 59.1. The Hall–Kier alpha value is -2.47. The van der Waals surface area contributed by atoms with Crippen LogP contribution in [0, 0.1) is 36.5 Å². The molecular formula is C59H105N7O3. The highest BCUT2D eigenvalue weighted by Gasteiger charge is 2.28. The zero-order chi connectivity index (χ0) is 50.0. The average molecular weight is 961 g/mol. The van der Waals surface area contributed by atoms with Crippen LogP contribution in [-0.4, -0.2) is 171 Å². The molecule has 0 saturated carbocycles. The van der Waals surface area contributed by atoms with Gasteiger partial charge >= 0.3 is 0 Å². The van der Waals surface area contributed by atoms with Gasteiger partial charge in [-0.3, -0.25) is 29.1 Å². The van der Waals surface area contributed by atoms with E-state index in [1.807, 2.05) is 59.0 Å². The van der Waals surface area contributed by atoms with Crippen molar-refractivity contribution < 1.29 is 14.4 Å². The molecule has 0 atom stereocenters. The number of carbonyl (C=O) groups is 3. The molecule has 0 spiro atoms. The minimum absolute atomic E-state index is 0.304. The molecule has 10 nitrogen and oxygen atoms in total. The number of benzene rings is 1. The van der Waals surface area contributed by atoms with Crippen LogP contribution in [0.1, 0.15) is 155 Å². The quantitative estimate of drug-likeness (QED) is 0.154. The topological polar surface area (TPSA) is 82.7 Å². The molecule has 394 valence electrons. The van der Waals surface area contributed by atoms with Crippen LogP contribution < -0.4 is 5.32 Å². The molecule has 0 unspecified atom stereocenters. The van der Waals surface area contributed by atoms with E-state index in [2.05, 4.69) is 62.1 Å². The fraction of sp³-hybridized carbons (Fsp3) is 0.814. The second-order valence-electron chi connectivity index (χ2n) is 22.7. The zero-order valence-electron chi connectivity index (χ0n) is 45.9. The summed E-state index contributed by atoms with van der Waals surface area (Å²) in [7, 11) is 1.96. The number of likely N-dealkylation sites (N-methyl/N-ethyl adjacent to an activating group) is 1. The van der Waals surface area contributed by atoms with Gasteiger partial charge in [0, 0.05) is 70.6 Å². The second kappa shape index (κ2) is 33.3. The van der Waals surface area contributed by atoms with Crippen molar-refractivity contribution >= 4 is 17.3 Å². The van der Waals surface area contributed by atoms with Gasteiger partial charge in [-0.2, -0.15) is 0 Å². The largest absolute Gasteiger partial charge is 0.391 e. The number of nitrogens with zero attached hydrogens (tertiary/aromatic N) is 6. The Morgan fingerprint density at radius 1 is 0.522 bits per heavy atom. The van der Waals surface area contributed by atoms with Crippen LogP contribution in [0.25, 0.3) is 0 Å². The zero-order valence-corrected chi connectivity index (χ0v) is 45.9. The maximum atomic E-state index is 11.5. The molecule has 6 aliphatic heterocycles. The third-order valence-corrected chi connectivity index (χ3v) is 16.7. The van der Waals surface area contributed by atoms with E-state index < -0.39 is 0 Å². The summed E-state index contributed by atoms with van der Waals surface area (Å²) in [5.74, 6) is 5.71. The van der Waals surface area contributed by atoms with Crippen molar-refractivity contribution in [3.05, 3.63) is 47.7 Å². The minimum atomic E-state index is 0.304. The Kier molecular flexibility index (Phi) is 28.5. The van der Waals surface area contributed by atoms with Crippen molar-refractivity contribution in [3.63, 3.8) is 0 Å². The van der Waals surface area contributed by atoms with Crippen molar-refractivity contribution in [3.8, 4) is 0 Å². The van der Waals surface area contributed by atoms with Gasteiger partial charge in [-0.05, 0) is 198 Å².